The molecule has 4 aromatic rings. The van der Waals surface area contributed by atoms with Crippen molar-refractivity contribution in [2.45, 2.75) is 44.4 Å². The van der Waals surface area contributed by atoms with Gasteiger partial charge in [0.25, 0.3) is 0 Å². The van der Waals surface area contributed by atoms with Crippen LogP contribution in [0.3, 0.4) is 0 Å². The summed E-state index contributed by atoms with van der Waals surface area (Å²) in [5.41, 5.74) is 2.94. The fraction of sp³-hybridized carbons (Fsp3) is 0.276. The largest absolute Gasteiger partial charge is 0.508 e. The van der Waals surface area contributed by atoms with Gasteiger partial charge in [-0.1, -0.05) is 24.3 Å². The van der Waals surface area contributed by atoms with Gasteiger partial charge in [-0.3, -0.25) is 9.48 Å². The number of hydrogen-bond acceptors (Lipinski definition) is 5. The van der Waals surface area contributed by atoms with E-state index in [0.29, 0.717) is 30.0 Å². The molecule has 2 heterocycles. The lowest BCUT2D eigenvalue weighted by Gasteiger charge is -2.31. The van der Waals surface area contributed by atoms with Crippen molar-refractivity contribution in [1.29, 1.82) is 0 Å². The van der Waals surface area contributed by atoms with Crippen LogP contribution in [0, 0.1) is 0 Å². The van der Waals surface area contributed by atoms with Crippen LogP contribution in [-0.2, 0) is 30.5 Å². The average Bonchev–Trinajstić information content (AvgIpc) is 3.38. The van der Waals surface area contributed by atoms with Crippen LogP contribution in [-0.4, -0.2) is 32.9 Å². The number of carbonyl (C=O) groups is 1. The Bertz CT molecular complexity index is 1450. The number of alkyl halides is 3. The Morgan fingerprint density at radius 2 is 1.90 bits per heavy atom. The number of rotatable bonds is 7. The third kappa shape index (κ3) is 5.74. The minimum atomic E-state index is -4.39. The number of fused-ring (bicyclic) bond motifs is 1. The summed E-state index contributed by atoms with van der Waals surface area (Å²) < 4.78 is 45.4. The highest BCUT2D eigenvalue weighted by Crippen LogP contribution is 2.38. The van der Waals surface area contributed by atoms with E-state index in [1.165, 1.54) is 19.2 Å². The zero-order valence-electron chi connectivity index (χ0n) is 21.2. The molecule has 2 aromatic heterocycles. The number of phenolic OH excluding ortho intramolecular Hbond substituents is 1. The molecule has 0 aliphatic heterocycles. The molecule has 1 N–H and O–H groups in total. The molecule has 2 aromatic carbocycles. The molecule has 39 heavy (non-hydrogen) atoms. The van der Waals surface area contributed by atoms with E-state index in [0.717, 1.165) is 35.2 Å². The minimum absolute atomic E-state index is 0.121. The Balaban J connectivity index is 1.40. The second kappa shape index (κ2) is 10.8. The maximum Gasteiger partial charge on any atom is 0.416 e. The fourth-order valence-corrected chi connectivity index (χ4v) is 4.97. The van der Waals surface area contributed by atoms with E-state index in [1.807, 2.05) is 6.07 Å². The van der Waals surface area contributed by atoms with Crippen LogP contribution in [0.15, 0.2) is 73.2 Å². The number of benzene rings is 2. The number of carbonyl (C=O) groups excluding carboxylic acids is 1. The topological polar surface area (TPSA) is 80.5 Å². The van der Waals surface area contributed by atoms with E-state index < -0.39 is 17.7 Å². The van der Waals surface area contributed by atoms with Gasteiger partial charge in [0.15, 0.2) is 0 Å². The predicted molar refractivity (Wildman–Crippen MR) is 139 cm³/mol. The number of anilines is 1. The highest BCUT2D eigenvalue weighted by Gasteiger charge is 2.32. The van der Waals surface area contributed by atoms with Crippen molar-refractivity contribution in [3.05, 3.63) is 101 Å². The molecule has 1 aliphatic carbocycles. The molecule has 0 bridgehead atoms. The Kier molecular flexibility index (Phi) is 7.28. The highest BCUT2D eigenvalue weighted by molar-refractivity contribution is 5.98. The van der Waals surface area contributed by atoms with Crippen LogP contribution in [0.5, 0.6) is 11.6 Å². The van der Waals surface area contributed by atoms with Crippen molar-refractivity contribution in [2.75, 3.05) is 12.0 Å². The van der Waals surface area contributed by atoms with Gasteiger partial charge in [-0.15, -0.1) is 0 Å². The van der Waals surface area contributed by atoms with Crippen molar-refractivity contribution in [3.63, 3.8) is 0 Å². The first-order valence-corrected chi connectivity index (χ1v) is 12.5. The second-order valence-electron chi connectivity index (χ2n) is 9.51. The van der Waals surface area contributed by atoms with E-state index in [2.05, 4.69) is 10.1 Å². The summed E-state index contributed by atoms with van der Waals surface area (Å²) in [5.74, 6) is 0.0739. The monoisotopic (exact) mass is 536 g/mol. The van der Waals surface area contributed by atoms with Gasteiger partial charge >= 0.3 is 6.18 Å². The Morgan fingerprint density at radius 3 is 2.59 bits per heavy atom. The first-order chi connectivity index (χ1) is 18.7. The van der Waals surface area contributed by atoms with Crippen molar-refractivity contribution >= 4 is 11.6 Å². The number of hydrogen-bond donors (Lipinski definition) is 1. The van der Waals surface area contributed by atoms with Crippen LogP contribution in [0.25, 0.3) is 0 Å². The third-order valence-corrected chi connectivity index (χ3v) is 6.94. The number of methoxy groups -OCH3 is 1. The Hall–Kier alpha value is -4.34. The summed E-state index contributed by atoms with van der Waals surface area (Å²) >= 11 is 0. The van der Waals surface area contributed by atoms with Gasteiger partial charge < -0.3 is 14.7 Å². The van der Waals surface area contributed by atoms with Gasteiger partial charge in [-0.05, 0) is 60.2 Å². The number of amides is 1. The van der Waals surface area contributed by atoms with Gasteiger partial charge in [0.1, 0.15) is 5.75 Å². The maximum atomic E-state index is 14.0. The molecule has 1 amide bonds. The van der Waals surface area contributed by atoms with Gasteiger partial charge in [-0.25, -0.2) is 4.98 Å². The average molecular weight is 537 g/mol. The maximum absolute atomic E-state index is 14.0. The van der Waals surface area contributed by atoms with Gasteiger partial charge in [0.05, 0.1) is 49.8 Å². The molecular formula is C29H27F3N4O3. The van der Waals surface area contributed by atoms with Crippen LogP contribution < -0.4 is 9.64 Å². The van der Waals surface area contributed by atoms with E-state index in [1.54, 1.807) is 52.4 Å². The molecule has 5 rings (SSSR count). The predicted octanol–water partition coefficient (Wildman–Crippen LogP) is 5.71. The first-order valence-electron chi connectivity index (χ1n) is 12.5. The Morgan fingerprint density at radius 1 is 1.10 bits per heavy atom. The molecule has 202 valence electrons. The zero-order valence-corrected chi connectivity index (χ0v) is 21.2. The lowest BCUT2D eigenvalue weighted by Crippen LogP contribution is -2.36. The second-order valence-corrected chi connectivity index (χ2v) is 9.51. The lowest BCUT2D eigenvalue weighted by atomic mass is 9.81. The summed E-state index contributed by atoms with van der Waals surface area (Å²) in [6.45, 7) is 0.496. The van der Waals surface area contributed by atoms with Gasteiger partial charge in [0.2, 0.25) is 11.8 Å². The van der Waals surface area contributed by atoms with Crippen molar-refractivity contribution in [1.82, 2.24) is 14.8 Å². The molecule has 1 unspecified atom stereocenters. The number of nitrogens with zero attached hydrogens (tertiary/aromatic N) is 4. The minimum Gasteiger partial charge on any atom is -0.508 e. The van der Waals surface area contributed by atoms with Crippen molar-refractivity contribution < 1.29 is 27.8 Å². The smallest absolute Gasteiger partial charge is 0.416 e. The van der Waals surface area contributed by atoms with E-state index in [4.69, 9.17) is 4.74 Å². The third-order valence-electron chi connectivity index (χ3n) is 6.94. The molecule has 0 spiro atoms. The molecule has 0 saturated carbocycles. The normalized spacial score (nSPS) is 15.0. The van der Waals surface area contributed by atoms with E-state index in [9.17, 15) is 23.1 Å². The number of ether oxygens (including phenoxy) is 1. The number of aromatic hydroxyl groups is 1. The highest BCUT2D eigenvalue weighted by atomic mass is 19.4. The molecule has 0 saturated heterocycles. The number of aromatic nitrogens is 3. The fourth-order valence-electron chi connectivity index (χ4n) is 4.97. The summed E-state index contributed by atoms with van der Waals surface area (Å²) in [4.78, 5) is 19.9. The van der Waals surface area contributed by atoms with Crippen LogP contribution in [0.2, 0.25) is 0 Å². The number of halogens is 3. The summed E-state index contributed by atoms with van der Waals surface area (Å²) in [7, 11) is 1.52. The van der Waals surface area contributed by atoms with Crippen molar-refractivity contribution in [2.24, 2.45) is 0 Å². The lowest BCUT2D eigenvalue weighted by molar-refractivity contribution is -0.137. The van der Waals surface area contributed by atoms with Crippen LogP contribution >= 0.6 is 0 Å². The molecule has 1 aliphatic rings. The first kappa shape index (κ1) is 26.3. The van der Waals surface area contributed by atoms with Gasteiger partial charge in [-0.2, -0.15) is 18.3 Å². The van der Waals surface area contributed by atoms with E-state index in [-0.39, 0.29) is 24.7 Å². The Labute approximate surface area is 223 Å². The van der Waals surface area contributed by atoms with E-state index >= 15 is 0 Å². The quantitative estimate of drug-likeness (QED) is 0.327. The van der Waals surface area contributed by atoms with Gasteiger partial charge in [0, 0.05) is 17.8 Å². The van der Waals surface area contributed by atoms with Crippen LogP contribution in [0.1, 0.15) is 46.6 Å². The molecule has 1 atom stereocenters. The summed E-state index contributed by atoms with van der Waals surface area (Å²) in [6.07, 6.45) is 2.75. The number of pyridine rings is 1. The molecule has 10 heteroatoms. The van der Waals surface area contributed by atoms with Crippen molar-refractivity contribution in [3.8, 4) is 11.6 Å². The zero-order chi connectivity index (χ0) is 27.6. The molecular weight excluding hydrogens is 509 g/mol. The standard InChI is InChI=1S/C29H27F3N4O3/c1-39-27-13-12-22(15-33-27)36(28(38)25-6-2-5-24-23(25)4-3-7-26(24)37)18-20-14-34-35(17-20)16-19-8-10-21(11-9-19)29(30,31)32/h3-4,7-15,17,25,37H,2,5-6,16,18H2,1H3. The summed E-state index contributed by atoms with van der Waals surface area (Å²) in [6, 6.07) is 13.7. The molecule has 7 nitrogen and oxygen atoms in total. The molecule has 0 fully saturated rings. The SMILES string of the molecule is COc1ccc(N(Cc2cnn(Cc3ccc(C(F)(F)F)cc3)c2)C(=O)C2CCCc3c(O)cccc32)cn1. The number of phenols is 1. The van der Waals surface area contributed by atoms with Crippen LogP contribution in [0.4, 0.5) is 18.9 Å². The molecule has 0 radical (unpaired) electrons. The summed E-state index contributed by atoms with van der Waals surface area (Å²) in [5, 5.41) is 14.7.